The first kappa shape index (κ1) is 12.8. The molecule has 0 saturated carbocycles. The van der Waals surface area contributed by atoms with Gasteiger partial charge in [0, 0.05) is 10.6 Å². The summed E-state index contributed by atoms with van der Waals surface area (Å²) < 4.78 is 0. The molecule has 2 heteroatoms. The van der Waals surface area contributed by atoms with E-state index in [0.29, 0.717) is 0 Å². The first-order valence-electron chi connectivity index (χ1n) is 6.86. The van der Waals surface area contributed by atoms with Gasteiger partial charge in [-0.15, -0.1) is 0 Å². The monoisotopic (exact) mass is 249 g/mol. The molecule has 1 aromatic rings. The minimum absolute atomic E-state index is 0.274. The lowest BCUT2D eigenvalue weighted by molar-refractivity contribution is 0.512. The van der Waals surface area contributed by atoms with Crippen molar-refractivity contribution in [3.63, 3.8) is 0 Å². The minimum atomic E-state index is 0.274. The van der Waals surface area contributed by atoms with Crippen molar-refractivity contribution in [1.29, 1.82) is 0 Å². The van der Waals surface area contributed by atoms with Crippen LogP contribution in [0.25, 0.3) is 0 Å². The molecule has 1 aliphatic heterocycles. The average Bonchev–Trinajstić information content (AvgIpc) is 2.73. The van der Waals surface area contributed by atoms with Gasteiger partial charge in [0.05, 0.1) is 4.87 Å². The van der Waals surface area contributed by atoms with E-state index in [2.05, 4.69) is 55.2 Å². The van der Waals surface area contributed by atoms with Crippen molar-refractivity contribution >= 4 is 17.4 Å². The largest absolute Gasteiger partial charge is 0.369 e. The lowest BCUT2D eigenvalue weighted by Gasteiger charge is -2.29. The Morgan fingerprint density at radius 1 is 1.06 bits per heavy atom. The van der Waals surface area contributed by atoms with Crippen LogP contribution in [0.2, 0.25) is 0 Å². The second-order valence-electron chi connectivity index (χ2n) is 4.92. The van der Waals surface area contributed by atoms with Gasteiger partial charge in [-0.2, -0.15) is 0 Å². The lowest BCUT2D eigenvalue weighted by Crippen LogP contribution is -2.30. The fourth-order valence-corrected chi connectivity index (χ4v) is 3.87. The predicted molar refractivity (Wildman–Crippen MR) is 77.7 cm³/mol. The summed E-state index contributed by atoms with van der Waals surface area (Å²) in [5.74, 6) is 0. The lowest BCUT2D eigenvalue weighted by atomic mass is 10.0. The van der Waals surface area contributed by atoms with Crippen molar-refractivity contribution < 1.29 is 0 Å². The number of rotatable bonds is 6. The standard InChI is InChI=1S/C15H23NS/c1-3-5-11-15(12-6-4-2)16-13-9-7-8-10-14(13)17-15/h7-10,16H,3-6,11-12H2,1-2H3. The molecule has 1 N–H and O–H groups in total. The van der Waals surface area contributed by atoms with Crippen LogP contribution in [0.1, 0.15) is 52.4 Å². The molecule has 1 aliphatic rings. The van der Waals surface area contributed by atoms with Crippen LogP contribution in [0, 0.1) is 0 Å². The maximum atomic E-state index is 3.78. The van der Waals surface area contributed by atoms with E-state index in [1.165, 1.54) is 49.1 Å². The molecule has 0 radical (unpaired) electrons. The fourth-order valence-electron chi connectivity index (χ4n) is 2.42. The molecule has 94 valence electrons. The number of unbranched alkanes of at least 4 members (excludes halogenated alkanes) is 2. The summed E-state index contributed by atoms with van der Waals surface area (Å²) in [7, 11) is 0. The van der Waals surface area contributed by atoms with Crippen molar-refractivity contribution in [3.8, 4) is 0 Å². The Morgan fingerprint density at radius 2 is 1.71 bits per heavy atom. The summed E-state index contributed by atoms with van der Waals surface area (Å²) in [5.41, 5.74) is 1.34. The number of nitrogens with one attached hydrogen (secondary N) is 1. The summed E-state index contributed by atoms with van der Waals surface area (Å²) in [6.07, 6.45) is 7.76. The minimum Gasteiger partial charge on any atom is -0.369 e. The summed E-state index contributed by atoms with van der Waals surface area (Å²) in [6.45, 7) is 4.56. The summed E-state index contributed by atoms with van der Waals surface area (Å²) in [6, 6.07) is 8.72. The van der Waals surface area contributed by atoms with E-state index in [4.69, 9.17) is 0 Å². The normalized spacial score (nSPS) is 16.6. The smallest absolute Gasteiger partial charge is 0.0880 e. The zero-order chi connectivity index (χ0) is 12.1. The van der Waals surface area contributed by atoms with Crippen LogP contribution >= 0.6 is 11.8 Å². The summed E-state index contributed by atoms with van der Waals surface area (Å²) >= 11 is 2.05. The van der Waals surface area contributed by atoms with Gasteiger partial charge in [-0.3, -0.25) is 0 Å². The first-order chi connectivity index (χ1) is 8.29. The molecular weight excluding hydrogens is 226 g/mol. The number of benzene rings is 1. The average molecular weight is 249 g/mol. The molecule has 2 rings (SSSR count). The van der Waals surface area contributed by atoms with E-state index < -0.39 is 0 Å². The Morgan fingerprint density at radius 3 is 2.29 bits per heavy atom. The second-order valence-corrected chi connectivity index (χ2v) is 6.35. The van der Waals surface area contributed by atoms with Gasteiger partial charge in [0.25, 0.3) is 0 Å². The third kappa shape index (κ3) is 2.98. The van der Waals surface area contributed by atoms with Gasteiger partial charge in [-0.25, -0.2) is 0 Å². The third-order valence-electron chi connectivity index (χ3n) is 3.42. The molecule has 0 aromatic heterocycles. The van der Waals surface area contributed by atoms with Gasteiger partial charge in [0.15, 0.2) is 0 Å². The maximum absolute atomic E-state index is 3.78. The highest BCUT2D eigenvalue weighted by Crippen LogP contribution is 2.50. The van der Waals surface area contributed by atoms with Crippen molar-refractivity contribution in [2.75, 3.05) is 5.32 Å². The van der Waals surface area contributed by atoms with Crippen LogP contribution in [0.15, 0.2) is 29.2 Å². The van der Waals surface area contributed by atoms with E-state index in [0.717, 1.165) is 0 Å². The number of hydrogen-bond acceptors (Lipinski definition) is 2. The molecule has 0 unspecified atom stereocenters. The van der Waals surface area contributed by atoms with Gasteiger partial charge in [0.1, 0.15) is 0 Å². The molecule has 0 saturated heterocycles. The number of anilines is 1. The van der Waals surface area contributed by atoms with Crippen LogP contribution in [-0.2, 0) is 0 Å². The van der Waals surface area contributed by atoms with Gasteiger partial charge in [-0.05, 0) is 25.0 Å². The highest BCUT2D eigenvalue weighted by Gasteiger charge is 2.36. The third-order valence-corrected chi connectivity index (χ3v) is 4.90. The van der Waals surface area contributed by atoms with E-state index in [9.17, 15) is 0 Å². The Balaban J connectivity index is 2.09. The topological polar surface area (TPSA) is 12.0 Å². The molecule has 0 spiro atoms. The fraction of sp³-hybridized carbons (Fsp3) is 0.600. The van der Waals surface area contributed by atoms with Crippen molar-refractivity contribution in [1.82, 2.24) is 0 Å². The molecule has 0 aliphatic carbocycles. The van der Waals surface area contributed by atoms with Crippen LogP contribution in [0.3, 0.4) is 0 Å². The van der Waals surface area contributed by atoms with E-state index >= 15 is 0 Å². The van der Waals surface area contributed by atoms with Crippen LogP contribution < -0.4 is 5.32 Å². The van der Waals surface area contributed by atoms with Gasteiger partial charge in [0.2, 0.25) is 0 Å². The highest BCUT2D eigenvalue weighted by atomic mass is 32.2. The Bertz CT molecular complexity index is 327. The van der Waals surface area contributed by atoms with E-state index in [-0.39, 0.29) is 4.87 Å². The second kappa shape index (κ2) is 5.81. The molecule has 1 aromatic carbocycles. The summed E-state index contributed by atoms with van der Waals surface area (Å²) in [5, 5.41) is 3.78. The summed E-state index contributed by atoms with van der Waals surface area (Å²) in [4.78, 5) is 1.70. The van der Waals surface area contributed by atoms with E-state index in [1.54, 1.807) is 0 Å². The molecule has 1 heterocycles. The molecule has 0 bridgehead atoms. The first-order valence-corrected chi connectivity index (χ1v) is 7.67. The zero-order valence-corrected chi connectivity index (χ0v) is 11.8. The van der Waals surface area contributed by atoms with Gasteiger partial charge >= 0.3 is 0 Å². The quantitative estimate of drug-likeness (QED) is 0.736. The molecule has 0 amide bonds. The Hall–Kier alpha value is -0.630. The number of hydrogen-bond donors (Lipinski definition) is 1. The molecule has 0 fully saturated rings. The van der Waals surface area contributed by atoms with Crippen molar-refractivity contribution in [3.05, 3.63) is 24.3 Å². The molecular formula is C15H23NS. The molecule has 17 heavy (non-hydrogen) atoms. The number of para-hydroxylation sites is 1. The number of fused-ring (bicyclic) bond motifs is 1. The van der Waals surface area contributed by atoms with Crippen molar-refractivity contribution in [2.24, 2.45) is 0 Å². The van der Waals surface area contributed by atoms with E-state index in [1.807, 2.05) is 0 Å². The Labute approximate surface area is 109 Å². The maximum Gasteiger partial charge on any atom is 0.0880 e. The SMILES string of the molecule is CCCCC1(CCCC)Nc2ccccc2S1. The number of thioether (sulfide) groups is 1. The van der Waals surface area contributed by atoms with Gasteiger partial charge < -0.3 is 5.32 Å². The van der Waals surface area contributed by atoms with Gasteiger partial charge in [-0.1, -0.05) is 63.4 Å². The highest BCUT2D eigenvalue weighted by molar-refractivity contribution is 8.01. The van der Waals surface area contributed by atoms with Crippen molar-refractivity contribution in [2.45, 2.75) is 62.1 Å². The van der Waals surface area contributed by atoms with Crippen LogP contribution in [0.4, 0.5) is 5.69 Å². The predicted octanol–water partition coefficient (Wildman–Crippen LogP) is 5.28. The zero-order valence-electron chi connectivity index (χ0n) is 11.0. The molecule has 0 atom stereocenters. The Kier molecular flexibility index (Phi) is 4.38. The van der Waals surface area contributed by atoms with Crippen LogP contribution in [0.5, 0.6) is 0 Å². The van der Waals surface area contributed by atoms with Crippen LogP contribution in [-0.4, -0.2) is 4.87 Å². The molecule has 1 nitrogen and oxygen atoms in total.